The summed E-state index contributed by atoms with van der Waals surface area (Å²) >= 11 is 0. The van der Waals surface area contributed by atoms with Gasteiger partial charge in [0.2, 0.25) is 0 Å². The van der Waals surface area contributed by atoms with Crippen molar-refractivity contribution in [1.82, 2.24) is 0 Å². The first-order valence-corrected chi connectivity index (χ1v) is 9.16. The number of methoxy groups -OCH3 is 2. The average molecular weight is 394 g/mol. The van der Waals surface area contributed by atoms with Crippen molar-refractivity contribution in [2.24, 2.45) is 5.41 Å². The van der Waals surface area contributed by atoms with Crippen LogP contribution in [0.4, 0.5) is 0 Å². The topological polar surface area (TPSA) is 78.9 Å². The molecule has 0 radical (unpaired) electrons. The number of esters is 3. The van der Waals surface area contributed by atoms with E-state index in [0.29, 0.717) is 5.57 Å². The van der Waals surface area contributed by atoms with Crippen molar-refractivity contribution < 1.29 is 28.6 Å². The van der Waals surface area contributed by atoms with Gasteiger partial charge in [-0.2, -0.15) is 0 Å². The Kier molecular flexibility index (Phi) is 6.12. The van der Waals surface area contributed by atoms with Gasteiger partial charge in [0, 0.05) is 6.42 Å². The van der Waals surface area contributed by atoms with Crippen molar-refractivity contribution in [3.8, 4) is 0 Å². The number of carbonyl (C=O) groups excluding carboxylic acids is 3. The van der Waals surface area contributed by atoms with Crippen molar-refractivity contribution >= 4 is 24.0 Å². The second kappa shape index (κ2) is 8.73. The summed E-state index contributed by atoms with van der Waals surface area (Å²) in [7, 11) is 2.41. The summed E-state index contributed by atoms with van der Waals surface area (Å²) in [6.45, 7) is 0.104. The molecule has 0 amide bonds. The molecule has 0 atom stereocenters. The van der Waals surface area contributed by atoms with E-state index < -0.39 is 23.3 Å². The van der Waals surface area contributed by atoms with Gasteiger partial charge >= 0.3 is 17.9 Å². The molecule has 0 aromatic heterocycles. The van der Waals surface area contributed by atoms with Crippen LogP contribution in [0.15, 0.2) is 60.2 Å². The van der Waals surface area contributed by atoms with Crippen LogP contribution in [0.3, 0.4) is 0 Å². The molecule has 0 spiro atoms. The molecule has 6 heteroatoms. The monoisotopic (exact) mass is 394 g/mol. The van der Waals surface area contributed by atoms with Crippen LogP contribution in [0, 0.1) is 5.41 Å². The first-order chi connectivity index (χ1) is 14.0. The Labute approximate surface area is 169 Å². The third-order valence-corrected chi connectivity index (χ3v) is 5.03. The van der Waals surface area contributed by atoms with Crippen molar-refractivity contribution in [3.05, 3.63) is 76.9 Å². The number of carbonyl (C=O) groups is 3. The number of ether oxygens (including phenoxy) is 3. The summed E-state index contributed by atoms with van der Waals surface area (Å²) in [5.74, 6) is -2.07. The van der Waals surface area contributed by atoms with E-state index >= 15 is 0 Å². The molecule has 0 N–H and O–H groups in total. The van der Waals surface area contributed by atoms with Gasteiger partial charge in [-0.25, -0.2) is 0 Å². The van der Waals surface area contributed by atoms with E-state index in [4.69, 9.17) is 14.2 Å². The first kappa shape index (κ1) is 20.3. The summed E-state index contributed by atoms with van der Waals surface area (Å²) in [5, 5.41) is 0. The number of benzene rings is 2. The molecule has 0 fully saturated rings. The highest BCUT2D eigenvalue weighted by atomic mass is 16.5. The predicted octanol–water partition coefficient (Wildman–Crippen LogP) is 3.09. The zero-order chi connectivity index (χ0) is 20.9. The summed E-state index contributed by atoms with van der Waals surface area (Å²) < 4.78 is 15.2. The maximum atomic E-state index is 12.8. The van der Waals surface area contributed by atoms with Gasteiger partial charge in [0.25, 0.3) is 0 Å². The molecular weight excluding hydrogens is 372 g/mol. The van der Waals surface area contributed by atoms with E-state index in [0.717, 1.165) is 16.7 Å². The van der Waals surface area contributed by atoms with Gasteiger partial charge in [-0.3, -0.25) is 14.4 Å². The van der Waals surface area contributed by atoms with E-state index in [-0.39, 0.29) is 19.4 Å². The zero-order valence-corrected chi connectivity index (χ0v) is 16.3. The molecule has 0 bridgehead atoms. The quantitative estimate of drug-likeness (QED) is 0.426. The van der Waals surface area contributed by atoms with Gasteiger partial charge in [-0.15, -0.1) is 0 Å². The van der Waals surface area contributed by atoms with Gasteiger partial charge in [0.15, 0.2) is 5.41 Å². The molecule has 0 aliphatic heterocycles. The van der Waals surface area contributed by atoms with Crippen LogP contribution < -0.4 is 0 Å². The molecule has 150 valence electrons. The minimum Gasteiger partial charge on any atom is -0.468 e. The van der Waals surface area contributed by atoms with Crippen LogP contribution in [0.2, 0.25) is 0 Å². The average Bonchev–Trinajstić information content (AvgIpc) is 2.76. The highest BCUT2D eigenvalue weighted by molar-refractivity contribution is 6.06. The Morgan fingerprint density at radius 1 is 0.897 bits per heavy atom. The van der Waals surface area contributed by atoms with Crippen LogP contribution in [-0.4, -0.2) is 32.1 Å². The lowest BCUT2D eigenvalue weighted by Gasteiger charge is -2.34. The fourth-order valence-corrected chi connectivity index (χ4v) is 3.53. The largest absolute Gasteiger partial charge is 0.468 e. The Morgan fingerprint density at radius 2 is 1.52 bits per heavy atom. The molecule has 1 aliphatic carbocycles. The third-order valence-electron chi connectivity index (χ3n) is 5.03. The van der Waals surface area contributed by atoms with E-state index in [9.17, 15) is 14.4 Å². The van der Waals surface area contributed by atoms with Crippen LogP contribution >= 0.6 is 0 Å². The van der Waals surface area contributed by atoms with Crippen molar-refractivity contribution in [1.29, 1.82) is 0 Å². The minimum absolute atomic E-state index is 0.0559. The smallest absolute Gasteiger partial charge is 0.327 e. The molecule has 2 aromatic rings. The van der Waals surface area contributed by atoms with Crippen molar-refractivity contribution in [2.75, 3.05) is 14.2 Å². The maximum Gasteiger partial charge on any atom is 0.327 e. The number of rotatable bonds is 6. The second-order valence-corrected chi connectivity index (χ2v) is 6.76. The fourth-order valence-electron chi connectivity index (χ4n) is 3.53. The lowest BCUT2D eigenvalue weighted by molar-refractivity contribution is -0.166. The lowest BCUT2D eigenvalue weighted by atomic mass is 9.69. The normalized spacial score (nSPS) is 14.2. The van der Waals surface area contributed by atoms with Crippen LogP contribution in [0.25, 0.3) is 6.08 Å². The van der Waals surface area contributed by atoms with Crippen LogP contribution in [-0.2, 0) is 41.6 Å². The molecule has 6 nitrogen and oxygen atoms in total. The SMILES string of the molecule is COC(=O)C1(C(=O)OC)Cc2ccccc2C=C1CC(=O)OCc1ccccc1. The Bertz CT molecular complexity index is 929. The maximum absolute atomic E-state index is 12.8. The van der Waals surface area contributed by atoms with Gasteiger partial charge in [0.05, 0.1) is 20.6 Å². The zero-order valence-electron chi connectivity index (χ0n) is 16.3. The van der Waals surface area contributed by atoms with Gasteiger partial charge in [-0.05, 0) is 22.3 Å². The molecule has 0 heterocycles. The molecule has 1 aliphatic rings. The van der Waals surface area contributed by atoms with Gasteiger partial charge in [0.1, 0.15) is 6.61 Å². The summed E-state index contributed by atoms with van der Waals surface area (Å²) in [6.07, 6.45) is 1.50. The minimum atomic E-state index is -1.72. The molecule has 29 heavy (non-hydrogen) atoms. The van der Waals surface area contributed by atoms with Crippen LogP contribution in [0.5, 0.6) is 0 Å². The fraction of sp³-hybridized carbons (Fsp3) is 0.261. The van der Waals surface area contributed by atoms with E-state index in [1.54, 1.807) is 6.08 Å². The second-order valence-electron chi connectivity index (χ2n) is 6.76. The third kappa shape index (κ3) is 4.06. The van der Waals surface area contributed by atoms with Crippen molar-refractivity contribution in [3.63, 3.8) is 0 Å². The van der Waals surface area contributed by atoms with E-state index in [1.807, 2.05) is 54.6 Å². The molecule has 0 unspecified atom stereocenters. The molecule has 0 saturated carbocycles. The number of fused-ring (bicyclic) bond motifs is 1. The summed E-state index contributed by atoms with van der Waals surface area (Å²) in [4.78, 5) is 38.0. The molecule has 3 rings (SSSR count). The van der Waals surface area contributed by atoms with E-state index in [2.05, 4.69) is 0 Å². The Morgan fingerprint density at radius 3 is 2.17 bits per heavy atom. The van der Waals surface area contributed by atoms with Gasteiger partial charge in [-0.1, -0.05) is 60.7 Å². The first-order valence-electron chi connectivity index (χ1n) is 9.16. The van der Waals surface area contributed by atoms with Crippen molar-refractivity contribution in [2.45, 2.75) is 19.4 Å². The highest BCUT2D eigenvalue weighted by Gasteiger charge is 2.53. The highest BCUT2D eigenvalue weighted by Crippen LogP contribution is 2.42. The standard InChI is InChI=1S/C23H22O6/c1-27-21(25)23(22(26)28-2)14-18-11-7-6-10-17(18)12-19(23)13-20(24)29-15-16-8-4-3-5-9-16/h3-12H,13-15H2,1-2H3. The summed E-state index contributed by atoms with van der Waals surface area (Å²) in [5.41, 5.74) is 1.05. The van der Waals surface area contributed by atoms with Crippen LogP contribution in [0.1, 0.15) is 23.1 Å². The Balaban J connectivity index is 1.92. The lowest BCUT2D eigenvalue weighted by Crippen LogP contribution is -2.46. The predicted molar refractivity (Wildman–Crippen MR) is 105 cm³/mol. The molecule has 0 saturated heterocycles. The Hall–Kier alpha value is -3.41. The molecular formula is C23H22O6. The summed E-state index contributed by atoms with van der Waals surface area (Å²) in [6, 6.07) is 16.6. The number of hydrogen-bond acceptors (Lipinski definition) is 6. The number of hydrogen-bond donors (Lipinski definition) is 0. The molecule has 2 aromatic carbocycles. The van der Waals surface area contributed by atoms with E-state index in [1.165, 1.54) is 14.2 Å². The van der Waals surface area contributed by atoms with Gasteiger partial charge < -0.3 is 14.2 Å².